The molecular formula is C24H38O8. The minimum absolute atomic E-state index is 0.0635. The van der Waals surface area contributed by atoms with Crippen LogP contribution in [-0.2, 0) is 14.4 Å². The normalized spacial score (nSPS) is 22.1. The Labute approximate surface area is 189 Å². The van der Waals surface area contributed by atoms with Crippen molar-refractivity contribution in [3.05, 3.63) is 23.7 Å². The fourth-order valence-electron chi connectivity index (χ4n) is 4.34. The number of hydrogen-bond donors (Lipinski definition) is 5. The zero-order chi connectivity index (χ0) is 24.5. The molecule has 182 valence electrons. The third-order valence-corrected chi connectivity index (χ3v) is 6.33. The van der Waals surface area contributed by atoms with Gasteiger partial charge in [-0.25, -0.2) is 4.79 Å². The smallest absolute Gasteiger partial charge is 0.374 e. The Kier molecular flexibility index (Phi) is 10.4. The summed E-state index contributed by atoms with van der Waals surface area (Å²) in [6.45, 7) is 6.61. The van der Waals surface area contributed by atoms with Crippen LogP contribution < -0.4 is 0 Å². The number of aliphatic hydroxyl groups excluding tert-OH is 2. The summed E-state index contributed by atoms with van der Waals surface area (Å²) in [4.78, 5) is 34.4. The van der Waals surface area contributed by atoms with Crippen LogP contribution in [0.5, 0.6) is 0 Å². The van der Waals surface area contributed by atoms with E-state index in [0.717, 1.165) is 25.7 Å². The molecule has 1 aliphatic carbocycles. The number of carbonyl (C=O) groups is 3. The molecule has 8 nitrogen and oxygen atoms in total. The second-order valence-corrected chi connectivity index (χ2v) is 9.67. The molecule has 8 heteroatoms. The molecule has 5 N–H and O–H groups in total. The Bertz CT molecular complexity index is 736. The second-order valence-electron chi connectivity index (χ2n) is 9.67. The summed E-state index contributed by atoms with van der Waals surface area (Å²) < 4.78 is 0. The molecule has 32 heavy (non-hydrogen) atoms. The molecule has 0 amide bonds. The van der Waals surface area contributed by atoms with Crippen LogP contribution in [-0.4, -0.2) is 48.9 Å². The third kappa shape index (κ3) is 8.30. The number of unbranched alkanes of at least 4 members (excludes halogenated alkanes) is 1. The van der Waals surface area contributed by atoms with Gasteiger partial charge in [-0.3, -0.25) is 9.59 Å². The maximum absolute atomic E-state index is 12.4. The quantitative estimate of drug-likeness (QED) is 0.146. The Morgan fingerprint density at radius 3 is 2.31 bits per heavy atom. The number of ketones is 1. The van der Waals surface area contributed by atoms with Crippen molar-refractivity contribution >= 4 is 17.7 Å². The molecule has 0 spiro atoms. The molecule has 0 saturated heterocycles. The lowest BCUT2D eigenvalue weighted by Gasteiger charge is -2.27. The number of carbonyl (C=O) groups excluding carboxylic acids is 1. The minimum Gasteiger partial charge on any atom is -0.506 e. The van der Waals surface area contributed by atoms with Gasteiger partial charge in [0.25, 0.3) is 0 Å². The summed E-state index contributed by atoms with van der Waals surface area (Å²) in [5, 5.41) is 47.9. The Morgan fingerprint density at radius 1 is 1.09 bits per heavy atom. The van der Waals surface area contributed by atoms with Gasteiger partial charge in [-0.1, -0.05) is 45.8 Å². The molecule has 3 atom stereocenters. The molecule has 0 aromatic rings. The zero-order valence-electron chi connectivity index (χ0n) is 19.3. The molecule has 1 unspecified atom stereocenters. The minimum atomic E-state index is -2.43. The first-order valence-electron chi connectivity index (χ1n) is 11.3. The number of allylic oxidation sites excluding steroid dienone is 2. The van der Waals surface area contributed by atoms with Gasteiger partial charge in [0.1, 0.15) is 11.4 Å². The molecule has 0 radical (unpaired) electrons. The lowest BCUT2D eigenvalue weighted by atomic mass is 9.82. The summed E-state index contributed by atoms with van der Waals surface area (Å²) >= 11 is 0. The Morgan fingerprint density at radius 2 is 1.75 bits per heavy atom. The van der Waals surface area contributed by atoms with E-state index in [1.165, 1.54) is 6.42 Å². The average molecular weight is 455 g/mol. The largest absolute Gasteiger partial charge is 0.506 e. The van der Waals surface area contributed by atoms with E-state index in [9.17, 15) is 29.7 Å². The summed E-state index contributed by atoms with van der Waals surface area (Å²) in [5.74, 6) is -6.19. The number of Topliss-reactive ketones (excluding diaryl/α,β-unsaturated/α-hetero) is 1. The highest BCUT2D eigenvalue weighted by Crippen LogP contribution is 2.37. The molecule has 1 rings (SSSR count). The van der Waals surface area contributed by atoms with Crippen LogP contribution in [0.15, 0.2) is 23.7 Å². The number of carboxylic acid groups (broad SMARTS) is 2. The van der Waals surface area contributed by atoms with E-state index >= 15 is 0 Å². The number of aliphatic hydroxyl groups is 3. The van der Waals surface area contributed by atoms with E-state index < -0.39 is 35.5 Å². The van der Waals surface area contributed by atoms with Crippen LogP contribution in [0.2, 0.25) is 0 Å². The summed E-state index contributed by atoms with van der Waals surface area (Å²) in [7, 11) is 0. The highest BCUT2D eigenvalue weighted by Gasteiger charge is 2.40. The first-order valence-corrected chi connectivity index (χ1v) is 11.3. The number of hydrogen-bond acceptors (Lipinski definition) is 6. The number of aliphatic carboxylic acids is 2. The molecular weight excluding hydrogens is 416 g/mol. The van der Waals surface area contributed by atoms with E-state index in [-0.39, 0.29) is 35.9 Å². The van der Waals surface area contributed by atoms with Crippen LogP contribution in [0.4, 0.5) is 0 Å². The van der Waals surface area contributed by atoms with Crippen molar-refractivity contribution in [2.75, 3.05) is 0 Å². The molecule has 0 aromatic carbocycles. The first kappa shape index (κ1) is 27.7. The van der Waals surface area contributed by atoms with Gasteiger partial charge in [0, 0.05) is 12.3 Å². The van der Waals surface area contributed by atoms with Gasteiger partial charge in [0.05, 0.1) is 6.42 Å². The van der Waals surface area contributed by atoms with E-state index in [1.54, 1.807) is 0 Å². The van der Waals surface area contributed by atoms with Crippen LogP contribution in [0.1, 0.15) is 85.0 Å². The molecule has 1 aliphatic rings. The second kappa shape index (κ2) is 12.0. The van der Waals surface area contributed by atoms with Crippen LogP contribution in [0, 0.1) is 17.3 Å². The first-order chi connectivity index (χ1) is 14.8. The number of rotatable bonds is 14. The van der Waals surface area contributed by atoms with Gasteiger partial charge in [0.15, 0.2) is 5.76 Å². The lowest BCUT2D eigenvalue weighted by molar-refractivity contribution is -0.144. The van der Waals surface area contributed by atoms with Crippen molar-refractivity contribution in [1.82, 2.24) is 0 Å². The van der Waals surface area contributed by atoms with Crippen LogP contribution in [0.3, 0.4) is 0 Å². The lowest BCUT2D eigenvalue weighted by Crippen LogP contribution is -2.36. The number of carboxylic acids is 2. The molecule has 0 aromatic heterocycles. The van der Waals surface area contributed by atoms with Crippen LogP contribution >= 0.6 is 0 Å². The van der Waals surface area contributed by atoms with Crippen molar-refractivity contribution in [3.8, 4) is 0 Å². The van der Waals surface area contributed by atoms with Crippen molar-refractivity contribution in [3.63, 3.8) is 0 Å². The van der Waals surface area contributed by atoms with Crippen LogP contribution in [0.25, 0.3) is 0 Å². The van der Waals surface area contributed by atoms with Crippen molar-refractivity contribution in [2.24, 2.45) is 17.3 Å². The highest BCUT2D eigenvalue weighted by atomic mass is 16.4. The average Bonchev–Trinajstić information content (AvgIpc) is 3.04. The SMILES string of the molecule is CCCCC(C)(C)C/C=C/[C@H]1CCC(=O)[C@@H]1CCCC(O)(CC(=O)O)/C(O)=C(\O)C(=O)O. The van der Waals surface area contributed by atoms with Crippen molar-refractivity contribution < 1.29 is 39.9 Å². The zero-order valence-corrected chi connectivity index (χ0v) is 19.3. The van der Waals surface area contributed by atoms with Gasteiger partial charge < -0.3 is 25.5 Å². The summed E-state index contributed by atoms with van der Waals surface area (Å²) in [5.41, 5.74) is -2.24. The molecule has 1 saturated carbocycles. The predicted octanol–water partition coefficient (Wildman–Crippen LogP) is 4.53. The molecule has 0 bridgehead atoms. The third-order valence-electron chi connectivity index (χ3n) is 6.33. The fourth-order valence-corrected chi connectivity index (χ4v) is 4.34. The Hall–Kier alpha value is -2.35. The monoisotopic (exact) mass is 454 g/mol. The fraction of sp³-hybridized carbons (Fsp3) is 0.708. The Balaban J connectivity index is 2.80. The van der Waals surface area contributed by atoms with Crippen molar-refractivity contribution in [2.45, 2.75) is 90.6 Å². The van der Waals surface area contributed by atoms with E-state index in [2.05, 4.69) is 32.9 Å². The van der Waals surface area contributed by atoms with Crippen molar-refractivity contribution in [1.29, 1.82) is 0 Å². The summed E-state index contributed by atoms with van der Waals surface area (Å²) in [6, 6.07) is 0. The van der Waals surface area contributed by atoms with Gasteiger partial charge in [-0.2, -0.15) is 0 Å². The van der Waals surface area contributed by atoms with E-state index in [4.69, 9.17) is 10.2 Å². The topological polar surface area (TPSA) is 152 Å². The van der Waals surface area contributed by atoms with Gasteiger partial charge in [-0.05, 0) is 49.9 Å². The van der Waals surface area contributed by atoms with E-state index in [1.807, 2.05) is 0 Å². The predicted molar refractivity (Wildman–Crippen MR) is 119 cm³/mol. The maximum atomic E-state index is 12.4. The van der Waals surface area contributed by atoms with Gasteiger partial charge >= 0.3 is 11.9 Å². The highest BCUT2D eigenvalue weighted by molar-refractivity contribution is 5.85. The van der Waals surface area contributed by atoms with E-state index in [0.29, 0.717) is 12.8 Å². The maximum Gasteiger partial charge on any atom is 0.374 e. The molecule has 0 heterocycles. The molecule has 0 aliphatic heterocycles. The summed E-state index contributed by atoms with van der Waals surface area (Å²) in [6.07, 6.45) is 9.06. The van der Waals surface area contributed by atoms with Gasteiger partial charge in [-0.15, -0.1) is 0 Å². The van der Waals surface area contributed by atoms with Gasteiger partial charge in [0.2, 0.25) is 5.76 Å². The molecule has 1 fully saturated rings. The standard InChI is InChI=1S/C24H38O8/c1-4-5-12-23(2,3)13-6-8-16-10-11-18(25)17(16)9-7-14-24(32,15-19(26)27)21(29)20(28)22(30)31/h6,8,16-17,28-29,32H,4-5,7,9-15H2,1-3H3,(H,26,27)(H,30,31)/b8-6+,21-20+/t16-,17+,24?/m0/s1.